The number of hydrogen-bond donors (Lipinski definition) is 0. The molecule has 3 aromatic carbocycles. The molecule has 26 heavy (non-hydrogen) atoms. The summed E-state index contributed by atoms with van der Waals surface area (Å²) >= 11 is 0. The van der Waals surface area contributed by atoms with E-state index in [-0.39, 0.29) is 5.82 Å². The molecule has 0 amide bonds. The van der Waals surface area contributed by atoms with Crippen LogP contribution in [0.5, 0.6) is 0 Å². The molecule has 4 rings (SSSR count). The second-order valence-corrected chi connectivity index (χ2v) is 8.11. The molecular weight excluding hydrogens is 319 g/mol. The quantitative estimate of drug-likeness (QED) is 0.463. The third-order valence-corrected chi connectivity index (χ3v) is 6.21. The fourth-order valence-corrected chi connectivity index (χ4v) is 4.77. The Balaban J connectivity index is 1.48. The highest BCUT2D eigenvalue weighted by Gasteiger charge is 2.27. The zero-order chi connectivity index (χ0) is 18.1. The van der Waals surface area contributed by atoms with Crippen LogP contribution in [0.3, 0.4) is 0 Å². The highest BCUT2D eigenvalue weighted by atomic mass is 19.1. The normalized spacial score (nSPS) is 21.2. The molecule has 1 fully saturated rings. The van der Waals surface area contributed by atoms with E-state index in [0.29, 0.717) is 11.8 Å². The summed E-state index contributed by atoms with van der Waals surface area (Å²) in [4.78, 5) is 0. The largest absolute Gasteiger partial charge is 0.206 e. The lowest BCUT2D eigenvalue weighted by atomic mass is 9.86. The highest BCUT2D eigenvalue weighted by Crippen LogP contribution is 2.43. The molecule has 1 aliphatic carbocycles. The molecule has 0 spiro atoms. The summed E-state index contributed by atoms with van der Waals surface area (Å²) in [7, 11) is 0. The minimum atomic E-state index is -0.114. The standard InChI is InChI=1S/C25H27F/c1-17-7-10-20(11-8-17)21-12-9-19(16-21)15-18(2)22-13-14-25(26)24-6-4-3-5-23(22)24/h3-8,10-11,13-14,18-19,21H,9,12,15-16H2,1-2H3/t18-,19+,21+/m0/s1. The molecule has 1 aliphatic rings. The third-order valence-electron chi connectivity index (χ3n) is 6.21. The maximum absolute atomic E-state index is 14.1. The minimum absolute atomic E-state index is 0.114. The Morgan fingerprint density at radius 2 is 1.65 bits per heavy atom. The first-order valence-corrected chi connectivity index (χ1v) is 9.85. The van der Waals surface area contributed by atoms with E-state index in [9.17, 15) is 4.39 Å². The van der Waals surface area contributed by atoms with Crippen molar-refractivity contribution in [2.45, 2.75) is 51.4 Å². The van der Waals surface area contributed by atoms with Crippen LogP contribution in [0, 0.1) is 18.7 Å². The van der Waals surface area contributed by atoms with Crippen molar-refractivity contribution in [3.8, 4) is 0 Å². The van der Waals surface area contributed by atoms with Crippen LogP contribution in [0.15, 0.2) is 60.7 Å². The van der Waals surface area contributed by atoms with Gasteiger partial charge in [0.15, 0.2) is 0 Å². The molecule has 0 saturated heterocycles. The van der Waals surface area contributed by atoms with Crippen LogP contribution in [0.1, 0.15) is 61.1 Å². The van der Waals surface area contributed by atoms with Crippen molar-refractivity contribution in [1.29, 1.82) is 0 Å². The van der Waals surface area contributed by atoms with E-state index in [4.69, 9.17) is 0 Å². The van der Waals surface area contributed by atoms with Crippen molar-refractivity contribution in [2.75, 3.05) is 0 Å². The maximum atomic E-state index is 14.1. The zero-order valence-corrected chi connectivity index (χ0v) is 15.7. The van der Waals surface area contributed by atoms with Gasteiger partial charge in [-0.1, -0.05) is 67.1 Å². The lowest BCUT2D eigenvalue weighted by Gasteiger charge is -2.19. The monoisotopic (exact) mass is 346 g/mol. The number of rotatable bonds is 4. The molecule has 1 heteroatoms. The molecule has 0 aliphatic heterocycles. The summed E-state index contributed by atoms with van der Waals surface area (Å²) in [6, 6.07) is 20.6. The van der Waals surface area contributed by atoms with E-state index in [2.05, 4.69) is 44.2 Å². The van der Waals surface area contributed by atoms with Crippen LogP contribution in [0.2, 0.25) is 0 Å². The van der Waals surface area contributed by atoms with Gasteiger partial charge in [-0.15, -0.1) is 0 Å². The summed E-state index contributed by atoms with van der Waals surface area (Å²) in [6.07, 6.45) is 5.08. The van der Waals surface area contributed by atoms with Gasteiger partial charge in [-0.3, -0.25) is 0 Å². The van der Waals surface area contributed by atoms with Gasteiger partial charge in [0.05, 0.1) is 0 Å². The smallest absolute Gasteiger partial charge is 0.131 e. The Morgan fingerprint density at radius 3 is 2.42 bits per heavy atom. The van der Waals surface area contributed by atoms with Crippen molar-refractivity contribution in [1.82, 2.24) is 0 Å². The molecule has 0 nitrogen and oxygen atoms in total. The molecular formula is C25H27F. The Labute approximate surface area is 156 Å². The van der Waals surface area contributed by atoms with Crippen LogP contribution in [-0.2, 0) is 0 Å². The van der Waals surface area contributed by atoms with Gasteiger partial charge in [0.1, 0.15) is 5.82 Å². The number of benzene rings is 3. The minimum Gasteiger partial charge on any atom is -0.206 e. The van der Waals surface area contributed by atoms with Gasteiger partial charge < -0.3 is 0 Å². The average molecular weight is 346 g/mol. The number of hydrogen-bond acceptors (Lipinski definition) is 0. The van der Waals surface area contributed by atoms with Gasteiger partial charge in [0.25, 0.3) is 0 Å². The molecule has 0 unspecified atom stereocenters. The fourth-order valence-electron chi connectivity index (χ4n) is 4.77. The summed E-state index contributed by atoms with van der Waals surface area (Å²) in [6.45, 7) is 4.45. The Morgan fingerprint density at radius 1 is 0.923 bits per heavy atom. The number of halogens is 1. The van der Waals surface area contributed by atoms with Crippen LogP contribution in [-0.4, -0.2) is 0 Å². The van der Waals surface area contributed by atoms with Gasteiger partial charge in [0, 0.05) is 5.39 Å². The lowest BCUT2D eigenvalue weighted by molar-refractivity contribution is 0.455. The number of aryl methyl sites for hydroxylation is 1. The summed E-state index contributed by atoms with van der Waals surface area (Å²) in [5.74, 6) is 1.82. The highest BCUT2D eigenvalue weighted by molar-refractivity contribution is 5.86. The number of fused-ring (bicyclic) bond motifs is 1. The topological polar surface area (TPSA) is 0 Å². The third kappa shape index (κ3) is 3.40. The SMILES string of the molecule is Cc1ccc([C@@H]2CC[C@H](C[C@H](C)c3ccc(F)c4ccccc34)C2)cc1. The van der Waals surface area contributed by atoms with Crippen molar-refractivity contribution in [3.63, 3.8) is 0 Å². The summed E-state index contributed by atoms with van der Waals surface area (Å²) in [5, 5.41) is 1.83. The van der Waals surface area contributed by atoms with Crippen molar-refractivity contribution < 1.29 is 4.39 Å². The first-order chi connectivity index (χ1) is 12.6. The Hall–Kier alpha value is -2.15. The molecule has 0 N–H and O–H groups in total. The van der Waals surface area contributed by atoms with Gasteiger partial charge >= 0.3 is 0 Å². The molecule has 0 aromatic heterocycles. The Kier molecular flexibility index (Phi) is 4.80. The average Bonchev–Trinajstić information content (AvgIpc) is 3.11. The van der Waals surface area contributed by atoms with E-state index in [1.165, 1.54) is 42.4 Å². The molecule has 1 saturated carbocycles. The van der Waals surface area contributed by atoms with Crippen molar-refractivity contribution in [3.05, 3.63) is 83.2 Å². The maximum Gasteiger partial charge on any atom is 0.131 e. The van der Waals surface area contributed by atoms with Crippen LogP contribution in [0.4, 0.5) is 4.39 Å². The molecule has 3 atom stereocenters. The van der Waals surface area contributed by atoms with Gasteiger partial charge in [-0.05, 0) is 72.9 Å². The van der Waals surface area contributed by atoms with E-state index < -0.39 is 0 Å². The van der Waals surface area contributed by atoms with Gasteiger partial charge in [0.2, 0.25) is 0 Å². The lowest BCUT2D eigenvalue weighted by Crippen LogP contribution is -2.04. The zero-order valence-electron chi connectivity index (χ0n) is 15.7. The predicted octanol–water partition coefficient (Wildman–Crippen LogP) is 7.36. The molecule has 0 heterocycles. The molecule has 0 bridgehead atoms. The molecule has 0 radical (unpaired) electrons. The first kappa shape index (κ1) is 17.3. The van der Waals surface area contributed by atoms with E-state index in [1.54, 1.807) is 6.07 Å². The van der Waals surface area contributed by atoms with E-state index in [0.717, 1.165) is 16.7 Å². The van der Waals surface area contributed by atoms with Crippen LogP contribution < -0.4 is 0 Å². The molecule has 3 aromatic rings. The second kappa shape index (κ2) is 7.23. The molecule has 134 valence electrons. The van der Waals surface area contributed by atoms with Gasteiger partial charge in [-0.25, -0.2) is 4.39 Å². The summed E-state index contributed by atoms with van der Waals surface area (Å²) in [5.41, 5.74) is 4.12. The first-order valence-electron chi connectivity index (χ1n) is 9.85. The Bertz CT molecular complexity index is 894. The van der Waals surface area contributed by atoms with Crippen molar-refractivity contribution in [2.24, 2.45) is 5.92 Å². The van der Waals surface area contributed by atoms with E-state index in [1.807, 2.05) is 24.3 Å². The van der Waals surface area contributed by atoms with E-state index >= 15 is 0 Å². The predicted molar refractivity (Wildman–Crippen MR) is 108 cm³/mol. The van der Waals surface area contributed by atoms with Gasteiger partial charge in [-0.2, -0.15) is 0 Å². The summed E-state index contributed by atoms with van der Waals surface area (Å²) < 4.78 is 14.1. The second-order valence-electron chi connectivity index (χ2n) is 8.11. The van der Waals surface area contributed by atoms with Crippen LogP contribution in [0.25, 0.3) is 10.8 Å². The van der Waals surface area contributed by atoms with Crippen LogP contribution >= 0.6 is 0 Å². The van der Waals surface area contributed by atoms with Crippen molar-refractivity contribution >= 4 is 10.8 Å². The fraction of sp³-hybridized carbons (Fsp3) is 0.360.